The van der Waals surface area contributed by atoms with Crippen LogP contribution in [0.5, 0.6) is 0 Å². The number of halogens is 2. The maximum Gasteiger partial charge on any atom is 0.407 e. The molecule has 1 amide bonds. The Hall–Kier alpha value is -3.88. The number of carbonyl (C=O) groups is 1. The van der Waals surface area contributed by atoms with Gasteiger partial charge in [-0.1, -0.05) is 13.0 Å². The van der Waals surface area contributed by atoms with Gasteiger partial charge >= 0.3 is 6.09 Å². The molecular weight excluding hydrogens is 548 g/mol. The van der Waals surface area contributed by atoms with Gasteiger partial charge in [0, 0.05) is 36.7 Å². The van der Waals surface area contributed by atoms with Gasteiger partial charge in [0.2, 0.25) is 16.0 Å². The Kier molecular flexibility index (Phi) is 8.51. The first-order valence-electron chi connectivity index (χ1n) is 12.8. The number of nitrogens with one attached hydrogen (secondary N) is 2. The monoisotopic (exact) mass is 579 g/mol. The quantitative estimate of drug-likeness (QED) is 0.345. The fourth-order valence-electron chi connectivity index (χ4n) is 4.73. The van der Waals surface area contributed by atoms with Crippen LogP contribution >= 0.6 is 0 Å². The van der Waals surface area contributed by atoms with Gasteiger partial charge < -0.3 is 15.3 Å². The van der Waals surface area contributed by atoms with Crippen LogP contribution in [0.1, 0.15) is 39.7 Å². The molecule has 0 bridgehead atoms. The minimum Gasteiger partial charge on any atom is -0.465 e. The minimum absolute atomic E-state index is 0.0671. The number of nitrogens with zero attached hydrogens (tertiary/aromatic N) is 5. The van der Waals surface area contributed by atoms with Crippen LogP contribution in [0.2, 0.25) is 0 Å². The summed E-state index contributed by atoms with van der Waals surface area (Å²) in [4.78, 5) is 39.2. The number of fused-ring (bicyclic) bond motifs is 1. The Labute approximate surface area is 229 Å². The lowest BCUT2D eigenvalue weighted by Gasteiger charge is -2.35. The number of anilines is 2. The molecule has 0 saturated carbocycles. The summed E-state index contributed by atoms with van der Waals surface area (Å²) in [7, 11) is -3.71. The maximum atomic E-state index is 14.9. The Morgan fingerprint density at radius 2 is 2.00 bits per heavy atom. The molecule has 2 atom stereocenters. The molecule has 15 heteroatoms. The summed E-state index contributed by atoms with van der Waals surface area (Å²) >= 11 is 0. The molecule has 1 aromatic carbocycles. The molecule has 4 rings (SSSR count). The van der Waals surface area contributed by atoms with Crippen molar-refractivity contribution >= 4 is 38.9 Å². The fourth-order valence-corrected chi connectivity index (χ4v) is 5.87. The fraction of sp³-hybridized carbons (Fsp3) is 0.480. The van der Waals surface area contributed by atoms with Crippen molar-refractivity contribution in [3.05, 3.63) is 40.6 Å². The molecule has 2 aromatic heterocycles. The van der Waals surface area contributed by atoms with Gasteiger partial charge in [-0.25, -0.2) is 27.6 Å². The normalized spacial score (nSPS) is 17.8. The average Bonchev–Trinajstić information content (AvgIpc) is 2.88. The zero-order valence-electron chi connectivity index (χ0n) is 22.3. The van der Waals surface area contributed by atoms with Gasteiger partial charge in [0.1, 0.15) is 17.0 Å². The Morgan fingerprint density at radius 1 is 1.25 bits per heavy atom. The van der Waals surface area contributed by atoms with Crippen LogP contribution in [0, 0.1) is 11.7 Å². The largest absolute Gasteiger partial charge is 0.465 e. The SMILES string of the molecule is CCCS(=O)(=O)Nc1ccc(-c2nc3cnc(N[C@H]4C[C@@H](CF)CN(C(=O)O)C4)nc3n(C(C)C)c2=O)cc1F. The lowest BCUT2D eigenvalue weighted by atomic mass is 9.95. The maximum absolute atomic E-state index is 14.9. The van der Waals surface area contributed by atoms with Gasteiger partial charge in [-0.05, 0) is 38.8 Å². The van der Waals surface area contributed by atoms with Crippen LogP contribution in [0.3, 0.4) is 0 Å². The summed E-state index contributed by atoms with van der Waals surface area (Å²) in [5, 5.41) is 12.4. The van der Waals surface area contributed by atoms with E-state index in [0.29, 0.717) is 12.8 Å². The second-order valence-electron chi connectivity index (χ2n) is 10.0. The summed E-state index contributed by atoms with van der Waals surface area (Å²) in [5.74, 6) is -1.36. The number of rotatable bonds is 9. The van der Waals surface area contributed by atoms with E-state index in [9.17, 15) is 31.9 Å². The van der Waals surface area contributed by atoms with Crippen molar-refractivity contribution in [1.82, 2.24) is 24.4 Å². The molecule has 1 aliphatic rings. The number of carboxylic acid groups (broad SMARTS) is 1. The summed E-state index contributed by atoms with van der Waals surface area (Å²) in [6, 6.07) is 2.87. The van der Waals surface area contributed by atoms with Crippen molar-refractivity contribution in [3.63, 3.8) is 0 Å². The van der Waals surface area contributed by atoms with Crippen molar-refractivity contribution in [3.8, 4) is 11.3 Å². The second kappa shape index (κ2) is 11.7. The van der Waals surface area contributed by atoms with Crippen LogP contribution in [0.4, 0.5) is 25.2 Å². The van der Waals surface area contributed by atoms with Gasteiger partial charge in [0.05, 0.1) is 24.3 Å². The predicted molar refractivity (Wildman–Crippen MR) is 146 cm³/mol. The molecule has 3 heterocycles. The Morgan fingerprint density at radius 3 is 2.62 bits per heavy atom. The van der Waals surface area contributed by atoms with Crippen LogP contribution < -0.4 is 15.6 Å². The van der Waals surface area contributed by atoms with Gasteiger partial charge in [0.15, 0.2) is 5.65 Å². The average molecular weight is 580 g/mol. The van der Waals surface area contributed by atoms with Crippen molar-refractivity contribution in [2.24, 2.45) is 5.92 Å². The minimum atomic E-state index is -3.71. The second-order valence-corrected chi connectivity index (χ2v) is 11.9. The molecule has 12 nitrogen and oxygen atoms in total. The highest BCUT2D eigenvalue weighted by molar-refractivity contribution is 7.92. The first-order valence-corrected chi connectivity index (χ1v) is 14.5. The van der Waals surface area contributed by atoms with Crippen molar-refractivity contribution < 1.29 is 27.1 Å². The first-order chi connectivity index (χ1) is 18.9. The summed E-state index contributed by atoms with van der Waals surface area (Å²) in [6.45, 7) is 4.79. The lowest BCUT2D eigenvalue weighted by Crippen LogP contribution is -2.49. The molecule has 3 N–H and O–H groups in total. The number of likely N-dealkylation sites (tertiary alicyclic amines) is 1. The number of aromatic nitrogens is 4. The van der Waals surface area contributed by atoms with E-state index in [2.05, 4.69) is 25.0 Å². The molecule has 3 aromatic rings. The highest BCUT2D eigenvalue weighted by atomic mass is 32.2. The van der Waals surface area contributed by atoms with Gasteiger partial charge in [-0.3, -0.25) is 18.5 Å². The molecular formula is C25H31F2N7O5S. The lowest BCUT2D eigenvalue weighted by molar-refractivity contribution is 0.109. The highest BCUT2D eigenvalue weighted by Crippen LogP contribution is 2.25. The van der Waals surface area contributed by atoms with Crippen molar-refractivity contribution in [1.29, 1.82) is 0 Å². The summed E-state index contributed by atoms with van der Waals surface area (Å²) in [6.07, 6.45) is 0.994. The van der Waals surface area contributed by atoms with Crippen LogP contribution in [0.25, 0.3) is 22.4 Å². The number of piperidine rings is 1. The van der Waals surface area contributed by atoms with E-state index in [1.165, 1.54) is 22.9 Å². The van der Waals surface area contributed by atoms with E-state index < -0.39 is 46.1 Å². The van der Waals surface area contributed by atoms with Gasteiger partial charge in [-0.15, -0.1) is 0 Å². The first kappa shape index (κ1) is 29.1. The Balaban J connectivity index is 1.69. The third kappa shape index (κ3) is 6.29. The van der Waals surface area contributed by atoms with E-state index in [1.54, 1.807) is 20.8 Å². The van der Waals surface area contributed by atoms with Gasteiger partial charge in [0.25, 0.3) is 5.56 Å². The third-order valence-corrected chi connectivity index (χ3v) is 7.96. The standard InChI is InChI=1S/C25H31F2N7O5S/c1-4-7-40(38,39)32-19-6-5-16(9-18(19)27)21-23(35)34(14(2)3)22-20(30-21)11-28-24(31-22)29-17-8-15(10-26)12-33(13-17)25(36)37/h5-6,9,11,14-15,17,32H,4,7-8,10,12-13H2,1-3H3,(H,36,37)(H,28,29,31)/t15-,17-/m0/s1. The number of benzene rings is 1. The van der Waals surface area contributed by atoms with Crippen LogP contribution in [-0.2, 0) is 10.0 Å². The smallest absolute Gasteiger partial charge is 0.407 e. The van der Waals surface area contributed by atoms with Crippen LogP contribution in [0.15, 0.2) is 29.2 Å². The molecule has 1 fully saturated rings. The predicted octanol–water partition coefficient (Wildman–Crippen LogP) is 3.48. The molecule has 1 aliphatic heterocycles. The summed E-state index contributed by atoms with van der Waals surface area (Å²) < 4.78 is 55.9. The van der Waals surface area contributed by atoms with Crippen molar-refractivity contribution in [2.75, 3.05) is 35.6 Å². The number of hydrogen-bond acceptors (Lipinski definition) is 8. The molecule has 0 spiro atoms. The molecule has 0 unspecified atom stereocenters. The zero-order valence-corrected chi connectivity index (χ0v) is 23.1. The number of amides is 1. The molecule has 216 valence electrons. The van der Waals surface area contributed by atoms with E-state index in [4.69, 9.17) is 0 Å². The van der Waals surface area contributed by atoms with E-state index >= 15 is 0 Å². The number of alkyl halides is 1. The number of sulfonamides is 1. The van der Waals surface area contributed by atoms with E-state index in [-0.39, 0.29) is 58.9 Å². The molecule has 0 aliphatic carbocycles. The highest BCUT2D eigenvalue weighted by Gasteiger charge is 2.30. The third-order valence-electron chi connectivity index (χ3n) is 6.49. The Bertz CT molecular complexity index is 1580. The van der Waals surface area contributed by atoms with Crippen LogP contribution in [-0.4, -0.2) is 75.6 Å². The molecule has 0 radical (unpaired) electrons. The van der Waals surface area contributed by atoms with Crippen molar-refractivity contribution in [2.45, 2.75) is 45.7 Å². The van der Waals surface area contributed by atoms with E-state index in [0.717, 1.165) is 11.0 Å². The number of hydrogen-bond donors (Lipinski definition) is 3. The zero-order chi connectivity index (χ0) is 29.2. The topological polar surface area (TPSA) is 159 Å². The molecule has 40 heavy (non-hydrogen) atoms. The van der Waals surface area contributed by atoms with Gasteiger partial charge in [-0.2, -0.15) is 4.98 Å². The molecule has 1 saturated heterocycles. The van der Waals surface area contributed by atoms with E-state index in [1.807, 2.05) is 0 Å². The summed E-state index contributed by atoms with van der Waals surface area (Å²) in [5.41, 5.74) is -0.244.